The minimum Gasteiger partial charge on any atom is -0.389 e. The summed E-state index contributed by atoms with van der Waals surface area (Å²) in [6, 6.07) is 25.7. The third kappa shape index (κ3) is 9.17. The topological polar surface area (TPSA) is 148 Å². The Bertz CT molecular complexity index is 1960. The number of halogens is 1. The Morgan fingerprint density at radius 2 is 1.45 bits per heavy atom. The zero-order valence-electron chi connectivity index (χ0n) is 28.8. The fraction of sp³-hybridized carbons (Fsp3) is 0.289. The van der Waals surface area contributed by atoms with Gasteiger partial charge in [-0.25, -0.2) is 12.8 Å². The van der Waals surface area contributed by atoms with Crippen molar-refractivity contribution in [3.05, 3.63) is 137 Å². The van der Waals surface area contributed by atoms with Gasteiger partial charge >= 0.3 is 0 Å². The fourth-order valence-corrected chi connectivity index (χ4v) is 6.49. The van der Waals surface area contributed by atoms with Crippen molar-refractivity contribution in [3.63, 3.8) is 0 Å². The molecule has 51 heavy (non-hydrogen) atoms. The molecule has 11 nitrogen and oxygen atoms in total. The number of hydrogen-bond donors (Lipinski definition) is 4. The summed E-state index contributed by atoms with van der Waals surface area (Å²) in [5.74, 6) is -2.04. The average molecular weight is 716 g/mol. The van der Waals surface area contributed by atoms with E-state index in [1.807, 2.05) is 67.6 Å². The van der Waals surface area contributed by atoms with Crippen LogP contribution in [0.1, 0.15) is 57.3 Å². The van der Waals surface area contributed by atoms with Crippen molar-refractivity contribution in [1.29, 1.82) is 0 Å². The molecule has 4 N–H and O–H groups in total. The quantitative estimate of drug-likeness (QED) is 0.165. The number of hydrogen-bond acceptors (Lipinski definition) is 7. The van der Waals surface area contributed by atoms with Crippen molar-refractivity contribution in [2.24, 2.45) is 0 Å². The van der Waals surface area contributed by atoms with Crippen LogP contribution in [0.2, 0.25) is 0 Å². The third-order valence-corrected chi connectivity index (χ3v) is 10.2. The van der Waals surface area contributed by atoms with Gasteiger partial charge in [-0.2, -0.15) is 0 Å². The van der Waals surface area contributed by atoms with Gasteiger partial charge in [-0.15, -0.1) is 0 Å². The minimum absolute atomic E-state index is 0.000264. The van der Waals surface area contributed by atoms with Gasteiger partial charge in [0.2, 0.25) is 15.9 Å². The normalized spacial score (nSPS) is 17.8. The molecule has 13 heteroatoms. The first-order valence-corrected chi connectivity index (χ1v) is 18.3. The lowest BCUT2D eigenvalue weighted by Crippen LogP contribution is -2.55. The molecule has 0 radical (unpaired) electrons. The predicted molar refractivity (Wildman–Crippen MR) is 193 cm³/mol. The lowest BCUT2D eigenvalue weighted by atomic mass is 9.95. The highest BCUT2D eigenvalue weighted by Crippen LogP contribution is 2.24. The van der Waals surface area contributed by atoms with E-state index in [0.29, 0.717) is 12.1 Å². The number of aliphatic hydroxyl groups excluding tert-OH is 1. The summed E-state index contributed by atoms with van der Waals surface area (Å²) in [6.07, 6.45) is -0.605. The number of nitrogens with zero attached hydrogens (tertiary/aromatic N) is 2. The Balaban J connectivity index is 1.43. The number of amides is 3. The number of aliphatic hydroxyl groups is 1. The van der Waals surface area contributed by atoms with Crippen LogP contribution in [0.3, 0.4) is 0 Å². The van der Waals surface area contributed by atoms with Gasteiger partial charge in [0, 0.05) is 24.7 Å². The first-order chi connectivity index (χ1) is 24.2. The maximum Gasteiger partial charge on any atom is 0.251 e. The molecule has 1 aliphatic rings. The molecule has 0 aromatic heterocycles. The largest absolute Gasteiger partial charge is 0.389 e. The summed E-state index contributed by atoms with van der Waals surface area (Å²) in [7, 11) is -2.49. The molecular weight excluding hydrogens is 674 g/mol. The molecule has 4 aromatic carbocycles. The molecule has 0 saturated carbocycles. The molecule has 5 atom stereocenters. The summed E-state index contributed by atoms with van der Waals surface area (Å²) in [4.78, 5) is 42.8. The van der Waals surface area contributed by atoms with Gasteiger partial charge in [-0.05, 0) is 67.3 Å². The fourth-order valence-electron chi connectivity index (χ4n) is 6.00. The second kappa shape index (κ2) is 15.8. The number of carbonyl (C=O) groups is 3. The molecule has 3 amide bonds. The van der Waals surface area contributed by atoms with Crippen molar-refractivity contribution in [3.8, 4) is 0 Å². The van der Waals surface area contributed by atoms with Crippen molar-refractivity contribution in [2.75, 3.05) is 17.6 Å². The van der Waals surface area contributed by atoms with E-state index in [-0.39, 0.29) is 29.1 Å². The molecule has 0 spiro atoms. The first kappa shape index (κ1) is 37.2. The van der Waals surface area contributed by atoms with Crippen molar-refractivity contribution >= 4 is 33.4 Å². The smallest absolute Gasteiger partial charge is 0.251 e. The molecule has 1 fully saturated rings. The number of sulfonamides is 1. The van der Waals surface area contributed by atoms with E-state index in [9.17, 15) is 32.3 Å². The van der Waals surface area contributed by atoms with Gasteiger partial charge in [0.25, 0.3) is 11.8 Å². The lowest BCUT2D eigenvalue weighted by Gasteiger charge is -2.28. The second-order valence-corrected chi connectivity index (χ2v) is 14.8. The van der Waals surface area contributed by atoms with Crippen molar-refractivity contribution < 1.29 is 32.3 Å². The number of rotatable bonds is 13. The second-order valence-electron chi connectivity index (χ2n) is 12.8. The Kier molecular flexibility index (Phi) is 11.5. The van der Waals surface area contributed by atoms with Gasteiger partial charge in [0.1, 0.15) is 11.9 Å². The molecule has 268 valence electrons. The number of anilines is 1. The zero-order chi connectivity index (χ0) is 36.9. The lowest BCUT2D eigenvalue weighted by molar-refractivity contribution is -0.132. The van der Waals surface area contributed by atoms with E-state index in [4.69, 9.17) is 0 Å². The van der Waals surface area contributed by atoms with E-state index in [0.717, 1.165) is 21.7 Å². The molecule has 0 aliphatic carbocycles. The monoisotopic (exact) mass is 715 g/mol. The highest BCUT2D eigenvalue weighted by molar-refractivity contribution is 7.92. The maximum absolute atomic E-state index is 14.0. The molecular formula is C38H42FN5O6S. The standard InChI is InChI=1S/C38H42FN5O6S/c1-24(28-15-17-31(39)18-16-28)40-36(46)29-20-30(22-32(21-29)43(3)51(4,49)50)37(47)42-33(19-26-11-7-5-8-12-26)35(45)34-38(48)44(25(2)41-34)23-27-13-9-6-10-14-27/h5-18,20-22,24-25,33-35,41,45H,19,23H2,1-4H3,(H,40,46)(H,42,47)/t24-,25-,33+,34+,35+/m1/s1. The van der Waals surface area contributed by atoms with E-state index >= 15 is 0 Å². The van der Waals surface area contributed by atoms with E-state index in [1.165, 1.54) is 49.5 Å². The van der Waals surface area contributed by atoms with Gasteiger partial charge in [0.05, 0.1) is 36.3 Å². The average Bonchev–Trinajstić information content (AvgIpc) is 3.39. The van der Waals surface area contributed by atoms with E-state index < -0.39 is 58.1 Å². The van der Waals surface area contributed by atoms with E-state index in [1.54, 1.807) is 11.8 Å². The number of nitrogens with one attached hydrogen (secondary N) is 3. The Morgan fingerprint density at radius 3 is 2.02 bits per heavy atom. The highest BCUT2D eigenvalue weighted by Gasteiger charge is 2.43. The molecule has 5 rings (SSSR count). The molecule has 0 unspecified atom stereocenters. The molecule has 1 heterocycles. The maximum atomic E-state index is 14.0. The van der Waals surface area contributed by atoms with Crippen LogP contribution in [0.25, 0.3) is 0 Å². The van der Waals surface area contributed by atoms with Crippen molar-refractivity contribution in [2.45, 2.75) is 57.2 Å². The van der Waals surface area contributed by atoms with Gasteiger partial charge < -0.3 is 20.6 Å². The summed E-state index contributed by atoms with van der Waals surface area (Å²) >= 11 is 0. The summed E-state index contributed by atoms with van der Waals surface area (Å²) in [5, 5.41) is 20.6. The summed E-state index contributed by atoms with van der Waals surface area (Å²) in [6.45, 7) is 3.87. The van der Waals surface area contributed by atoms with Crippen LogP contribution in [-0.4, -0.2) is 73.8 Å². The van der Waals surface area contributed by atoms with E-state index in [2.05, 4.69) is 16.0 Å². The first-order valence-electron chi connectivity index (χ1n) is 16.5. The van der Waals surface area contributed by atoms with Gasteiger partial charge in [0.15, 0.2) is 0 Å². The van der Waals surface area contributed by atoms with Gasteiger partial charge in [-0.3, -0.25) is 24.0 Å². The van der Waals surface area contributed by atoms with Crippen LogP contribution in [0.5, 0.6) is 0 Å². The highest BCUT2D eigenvalue weighted by atomic mass is 32.2. The van der Waals surface area contributed by atoms with Crippen LogP contribution in [0, 0.1) is 5.82 Å². The predicted octanol–water partition coefficient (Wildman–Crippen LogP) is 3.76. The number of benzene rings is 4. The molecule has 0 bridgehead atoms. The van der Waals surface area contributed by atoms with Gasteiger partial charge in [-0.1, -0.05) is 72.8 Å². The van der Waals surface area contributed by atoms with Crippen LogP contribution in [0.4, 0.5) is 10.1 Å². The summed E-state index contributed by atoms with van der Waals surface area (Å²) in [5.41, 5.74) is 2.37. The van der Waals surface area contributed by atoms with Crippen LogP contribution < -0.4 is 20.3 Å². The Hall–Kier alpha value is -5.11. The molecule has 4 aromatic rings. The van der Waals surface area contributed by atoms with Crippen molar-refractivity contribution in [1.82, 2.24) is 20.9 Å². The Labute approximate surface area is 297 Å². The molecule has 1 aliphatic heterocycles. The van der Waals surface area contributed by atoms with Crippen LogP contribution in [0.15, 0.2) is 103 Å². The zero-order valence-corrected chi connectivity index (χ0v) is 29.6. The number of carbonyl (C=O) groups excluding carboxylic acids is 3. The molecule has 1 saturated heterocycles. The van der Waals surface area contributed by atoms with Crippen LogP contribution in [-0.2, 0) is 27.8 Å². The van der Waals surface area contributed by atoms with Crippen LogP contribution >= 0.6 is 0 Å². The third-order valence-electron chi connectivity index (χ3n) is 9.02. The minimum atomic E-state index is -3.79. The summed E-state index contributed by atoms with van der Waals surface area (Å²) < 4.78 is 39.5. The Morgan fingerprint density at radius 1 is 0.902 bits per heavy atom. The SMILES string of the molecule is C[C@@H]1N[C@@H]([C@@H](O)[C@H](Cc2ccccc2)NC(=O)c2cc(C(=O)N[C@H](C)c3ccc(F)cc3)cc(N(C)S(C)(=O)=O)c2)C(=O)N1Cc1ccccc1.